The van der Waals surface area contributed by atoms with Gasteiger partial charge >= 0.3 is 0 Å². The molecule has 0 fully saturated rings. The van der Waals surface area contributed by atoms with Crippen LogP contribution >= 0.6 is 0 Å². The van der Waals surface area contributed by atoms with Gasteiger partial charge in [0.1, 0.15) is 12.3 Å². The molecule has 0 bridgehead atoms. The highest BCUT2D eigenvalue weighted by molar-refractivity contribution is 7.92. The highest BCUT2D eigenvalue weighted by atomic mass is 32.2. The van der Waals surface area contributed by atoms with E-state index in [1.807, 2.05) is 26.8 Å². The van der Waals surface area contributed by atoms with Crippen molar-refractivity contribution in [2.24, 2.45) is 5.10 Å². The second-order valence-electron chi connectivity index (χ2n) is 8.54. The first-order valence-electron chi connectivity index (χ1n) is 11.6. The zero-order valence-electron chi connectivity index (χ0n) is 20.9. The first kappa shape index (κ1) is 27.4. The monoisotopic (exact) mass is 522 g/mol. The predicted molar refractivity (Wildman–Crippen MR) is 143 cm³/mol. The summed E-state index contributed by atoms with van der Waals surface area (Å²) in [5.74, 6) is -0.300. The van der Waals surface area contributed by atoms with Crippen LogP contribution in [-0.4, -0.2) is 45.6 Å². The van der Waals surface area contributed by atoms with Gasteiger partial charge in [-0.05, 0) is 80.4 Å². The van der Waals surface area contributed by atoms with Crippen LogP contribution < -0.4 is 19.8 Å². The van der Waals surface area contributed by atoms with E-state index >= 15 is 0 Å². The molecule has 0 aliphatic heterocycles. The van der Waals surface area contributed by atoms with E-state index in [2.05, 4.69) is 15.8 Å². The fourth-order valence-corrected chi connectivity index (χ4v) is 4.76. The highest BCUT2D eigenvalue weighted by Gasteiger charge is 2.27. The van der Waals surface area contributed by atoms with Crippen molar-refractivity contribution < 1.29 is 22.7 Å². The lowest BCUT2D eigenvalue weighted by atomic mass is 10.2. The number of rotatable bonds is 11. The summed E-state index contributed by atoms with van der Waals surface area (Å²) in [4.78, 5) is 24.4. The third kappa shape index (κ3) is 8.18. The van der Waals surface area contributed by atoms with Gasteiger partial charge in [-0.2, -0.15) is 5.10 Å². The van der Waals surface area contributed by atoms with Crippen LogP contribution in [0.4, 0.5) is 5.69 Å². The molecule has 194 valence electrons. The Balaban J connectivity index is 1.64. The molecule has 0 aliphatic carbocycles. The van der Waals surface area contributed by atoms with Crippen LogP contribution in [0.25, 0.3) is 0 Å². The second kappa shape index (κ2) is 12.7. The molecule has 9 nitrogen and oxygen atoms in total. The van der Waals surface area contributed by atoms with Crippen molar-refractivity contribution in [3.05, 3.63) is 90.0 Å². The van der Waals surface area contributed by atoms with Gasteiger partial charge in [0.05, 0.1) is 16.8 Å². The van der Waals surface area contributed by atoms with Crippen molar-refractivity contribution in [3.8, 4) is 5.75 Å². The van der Waals surface area contributed by atoms with E-state index in [4.69, 9.17) is 4.74 Å². The molecule has 0 saturated carbocycles. The maximum atomic E-state index is 13.3. The average Bonchev–Trinajstić information content (AvgIpc) is 2.87. The fraction of sp³-hybridized carbons (Fsp3) is 0.222. The molecule has 0 aromatic heterocycles. The molecule has 2 amide bonds. The number of ether oxygens (including phenoxy) is 1. The Morgan fingerprint density at radius 1 is 0.973 bits per heavy atom. The SMILES string of the molecule is Cc1cccc(N(CC(=O)N/N=C\c2ccc(OCC(=O)NC(C)C)cc2)S(=O)(=O)c2ccccc2)c1. The molecule has 0 heterocycles. The first-order chi connectivity index (χ1) is 17.6. The van der Waals surface area contributed by atoms with Crippen LogP contribution in [0.15, 0.2) is 88.9 Å². The third-order valence-electron chi connectivity index (χ3n) is 5.01. The van der Waals surface area contributed by atoms with E-state index in [9.17, 15) is 18.0 Å². The first-order valence-corrected chi connectivity index (χ1v) is 13.1. The van der Waals surface area contributed by atoms with Gasteiger partial charge in [0.25, 0.3) is 21.8 Å². The molecule has 37 heavy (non-hydrogen) atoms. The molecule has 0 atom stereocenters. The van der Waals surface area contributed by atoms with E-state index in [1.165, 1.54) is 18.3 Å². The van der Waals surface area contributed by atoms with Gasteiger partial charge < -0.3 is 10.1 Å². The molecule has 10 heteroatoms. The van der Waals surface area contributed by atoms with Crippen LogP contribution in [-0.2, 0) is 19.6 Å². The quantitative estimate of drug-likeness (QED) is 0.296. The van der Waals surface area contributed by atoms with Gasteiger partial charge in [0.15, 0.2) is 6.61 Å². The number of hydrogen-bond acceptors (Lipinski definition) is 6. The summed E-state index contributed by atoms with van der Waals surface area (Å²) >= 11 is 0. The molecule has 3 aromatic rings. The Hall–Kier alpha value is -4.18. The number of hydrazone groups is 1. The molecular formula is C27H30N4O5S. The van der Waals surface area contributed by atoms with Gasteiger partial charge in [-0.3, -0.25) is 13.9 Å². The molecule has 2 N–H and O–H groups in total. The Morgan fingerprint density at radius 2 is 1.68 bits per heavy atom. The maximum Gasteiger partial charge on any atom is 0.264 e. The number of amides is 2. The summed E-state index contributed by atoms with van der Waals surface area (Å²) in [5.41, 5.74) is 4.29. The molecule has 3 rings (SSSR count). The zero-order chi connectivity index (χ0) is 26.8. The van der Waals surface area contributed by atoms with Gasteiger partial charge in [-0.25, -0.2) is 13.8 Å². The standard InChI is InChI=1S/C27H30N4O5S/c1-20(2)29-27(33)19-36-24-14-12-22(13-15-24)17-28-30-26(32)18-31(23-9-7-8-21(3)16-23)37(34,35)25-10-5-4-6-11-25/h4-17,20H,18-19H2,1-3H3,(H,29,33)(H,30,32)/b28-17-. The smallest absolute Gasteiger partial charge is 0.264 e. The molecular weight excluding hydrogens is 492 g/mol. The number of hydrogen-bond donors (Lipinski definition) is 2. The summed E-state index contributed by atoms with van der Waals surface area (Å²) in [7, 11) is -3.99. The molecule has 0 spiro atoms. The minimum atomic E-state index is -3.99. The molecule has 0 radical (unpaired) electrons. The number of aryl methyl sites for hydroxylation is 1. The number of carbonyl (C=O) groups excluding carboxylic acids is 2. The minimum Gasteiger partial charge on any atom is -0.484 e. The number of anilines is 1. The van der Waals surface area contributed by atoms with Gasteiger partial charge in [0.2, 0.25) is 0 Å². The Bertz CT molecular complexity index is 1340. The van der Waals surface area contributed by atoms with Crippen LogP contribution in [0.3, 0.4) is 0 Å². The highest BCUT2D eigenvalue weighted by Crippen LogP contribution is 2.24. The van der Waals surface area contributed by atoms with Crippen LogP contribution in [0.2, 0.25) is 0 Å². The molecule has 0 unspecified atom stereocenters. The number of carbonyl (C=O) groups is 2. The summed E-state index contributed by atoms with van der Waals surface area (Å²) in [6, 6.07) is 21.7. The number of nitrogens with one attached hydrogen (secondary N) is 2. The topological polar surface area (TPSA) is 117 Å². The summed E-state index contributed by atoms with van der Waals surface area (Å²) < 4.78 is 33.1. The van der Waals surface area contributed by atoms with Crippen molar-refractivity contribution in [2.45, 2.75) is 31.7 Å². The minimum absolute atomic E-state index is 0.0345. The second-order valence-corrected chi connectivity index (χ2v) is 10.4. The predicted octanol–water partition coefficient (Wildman–Crippen LogP) is 3.24. The number of benzene rings is 3. The lowest BCUT2D eigenvalue weighted by Crippen LogP contribution is -2.39. The maximum absolute atomic E-state index is 13.3. The summed E-state index contributed by atoms with van der Waals surface area (Å²) in [6.45, 7) is 5.03. The third-order valence-corrected chi connectivity index (χ3v) is 6.80. The van der Waals surface area contributed by atoms with E-state index in [-0.39, 0.29) is 23.5 Å². The zero-order valence-corrected chi connectivity index (χ0v) is 21.7. The van der Waals surface area contributed by atoms with Crippen molar-refractivity contribution in [3.63, 3.8) is 0 Å². The van der Waals surface area contributed by atoms with Gasteiger partial charge in [-0.15, -0.1) is 0 Å². The largest absolute Gasteiger partial charge is 0.484 e. The molecule has 0 saturated heterocycles. The van der Waals surface area contributed by atoms with E-state index in [0.717, 1.165) is 9.87 Å². The lowest BCUT2D eigenvalue weighted by Gasteiger charge is -2.24. The van der Waals surface area contributed by atoms with Crippen molar-refractivity contribution in [1.29, 1.82) is 0 Å². The Morgan fingerprint density at radius 3 is 2.32 bits per heavy atom. The number of sulfonamides is 1. The number of nitrogens with zero attached hydrogens (tertiary/aromatic N) is 2. The Kier molecular flexibility index (Phi) is 9.39. The van der Waals surface area contributed by atoms with Crippen LogP contribution in [0.1, 0.15) is 25.0 Å². The lowest BCUT2D eigenvalue weighted by molar-refractivity contribution is -0.123. The normalized spacial score (nSPS) is 11.4. The van der Waals surface area contributed by atoms with Crippen molar-refractivity contribution in [2.75, 3.05) is 17.5 Å². The van der Waals surface area contributed by atoms with E-state index < -0.39 is 22.5 Å². The van der Waals surface area contributed by atoms with E-state index in [0.29, 0.717) is 17.0 Å². The summed E-state index contributed by atoms with van der Waals surface area (Å²) in [6.07, 6.45) is 1.43. The van der Waals surface area contributed by atoms with Crippen LogP contribution in [0, 0.1) is 6.92 Å². The molecule has 0 aliphatic rings. The molecule has 3 aromatic carbocycles. The van der Waals surface area contributed by atoms with Gasteiger partial charge in [0, 0.05) is 6.04 Å². The summed E-state index contributed by atoms with van der Waals surface area (Å²) in [5, 5.41) is 6.69. The average molecular weight is 523 g/mol. The van der Waals surface area contributed by atoms with Gasteiger partial charge in [-0.1, -0.05) is 30.3 Å². The Labute approximate surface area is 217 Å². The van der Waals surface area contributed by atoms with Crippen molar-refractivity contribution in [1.82, 2.24) is 10.7 Å². The fourth-order valence-electron chi connectivity index (χ4n) is 3.33. The van der Waals surface area contributed by atoms with E-state index in [1.54, 1.807) is 60.7 Å². The van der Waals surface area contributed by atoms with Crippen molar-refractivity contribution >= 4 is 33.7 Å². The van der Waals surface area contributed by atoms with Crippen LogP contribution in [0.5, 0.6) is 5.75 Å².